The summed E-state index contributed by atoms with van der Waals surface area (Å²) in [4.78, 5) is 25.5. The molecule has 1 aliphatic heterocycles. The van der Waals surface area contributed by atoms with Crippen LogP contribution in [0.1, 0.15) is 25.3 Å². The smallest absolute Gasteiger partial charge is 0.336 e. The van der Waals surface area contributed by atoms with Gasteiger partial charge in [0.25, 0.3) is 0 Å². The zero-order valence-electron chi connectivity index (χ0n) is 16.6. The lowest BCUT2D eigenvalue weighted by molar-refractivity contribution is -0.139. The van der Waals surface area contributed by atoms with Gasteiger partial charge in [-0.05, 0) is 25.5 Å². The summed E-state index contributed by atoms with van der Waals surface area (Å²) in [5, 5.41) is 13.2. The van der Waals surface area contributed by atoms with Crippen molar-refractivity contribution in [3.8, 4) is 5.75 Å². The number of benzene rings is 1. The number of allylic oxidation sites excluding steroid dienone is 1. The van der Waals surface area contributed by atoms with Gasteiger partial charge in [0.2, 0.25) is 0 Å². The van der Waals surface area contributed by atoms with Gasteiger partial charge in [0.15, 0.2) is 0 Å². The predicted molar refractivity (Wildman–Crippen MR) is 107 cm³/mol. The van der Waals surface area contributed by atoms with E-state index in [0.29, 0.717) is 23.5 Å². The van der Waals surface area contributed by atoms with E-state index < -0.39 is 17.9 Å². The van der Waals surface area contributed by atoms with Crippen molar-refractivity contribution in [1.29, 1.82) is 0 Å². The molecule has 1 heterocycles. The van der Waals surface area contributed by atoms with Gasteiger partial charge in [-0.1, -0.05) is 23.7 Å². The first-order valence-electron chi connectivity index (χ1n) is 9.08. The third kappa shape index (κ3) is 4.90. The highest BCUT2D eigenvalue weighted by molar-refractivity contribution is 6.33. The first-order chi connectivity index (χ1) is 13.9. The lowest BCUT2D eigenvalue weighted by atomic mass is 9.80. The Labute approximate surface area is 174 Å². The Hall–Kier alpha value is -2.55. The van der Waals surface area contributed by atoms with Crippen LogP contribution in [0.2, 0.25) is 5.02 Å². The van der Waals surface area contributed by atoms with Crippen LogP contribution in [0.15, 0.2) is 40.7 Å². The first kappa shape index (κ1) is 22.7. The van der Waals surface area contributed by atoms with E-state index in [4.69, 9.17) is 31.5 Å². The van der Waals surface area contributed by atoms with Gasteiger partial charge in [0, 0.05) is 12.2 Å². The number of hydrogen-bond donors (Lipinski definition) is 3. The second-order valence-electron chi connectivity index (χ2n) is 6.22. The van der Waals surface area contributed by atoms with Crippen LogP contribution in [0.5, 0.6) is 5.75 Å². The molecule has 0 saturated carbocycles. The molecule has 8 nitrogen and oxygen atoms in total. The Balaban J connectivity index is 2.72. The van der Waals surface area contributed by atoms with Crippen LogP contribution in [0, 0.1) is 0 Å². The summed E-state index contributed by atoms with van der Waals surface area (Å²) in [5.74, 6) is -2.36. The number of nitrogens with one attached hydrogen (secondary N) is 1. The van der Waals surface area contributed by atoms with Crippen molar-refractivity contribution in [2.45, 2.75) is 19.8 Å². The molecule has 29 heavy (non-hydrogen) atoms. The molecule has 0 amide bonds. The number of phenolic OH excluding ortho intramolecular Hbond substituents is 1. The molecule has 1 atom stereocenters. The summed E-state index contributed by atoms with van der Waals surface area (Å²) in [6.07, 6.45) is 0. The van der Waals surface area contributed by atoms with Crippen LogP contribution < -0.4 is 11.1 Å². The highest BCUT2D eigenvalue weighted by Crippen LogP contribution is 2.44. The lowest BCUT2D eigenvalue weighted by Crippen LogP contribution is -2.35. The molecule has 9 heteroatoms. The third-order valence-electron chi connectivity index (χ3n) is 4.37. The topological polar surface area (TPSA) is 120 Å². The molecule has 0 fully saturated rings. The highest BCUT2D eigenvalue weighted by atomic mass is 35.5. The van der Waals surface area contributed by atoms with Gasteiger partial charge >= 0.3 is 11.9 Å². The number of halogens is 1. The van der Waals surface area contributed by atoms with Crippen molar-refractivity contribution in [1.82, 2.24) is 5.32 Å². The van der Waals surface area contributed by atoms with Crippen molar-refractivity contribution in [2.24, 2.45) is 5.73 Å². The van der Waals surface area contributed by atoms with Crippen LogP contribution >= 0.6 is 11.6 Å². The molecule has 0 saturated heterocycles. The Morgan fingerprint density at radius 2 is 2.00 bits per heavy atom. The molecule has 158 valence electrons. The molecule has 1 aliphatic rings. The molecular formula is C20H25ClN2O6. The van der Waals surface area contributed by atoms with Crippen LogP contribution in [-0.4, -0.2) is 50.5 Å². The fourth-order valence-electron chi connectivity index (χ4n) is 3.17. The summed E-state index contributed by atoms with van der Waals surface area (Å²) < 4.78 is 15.7. The molecule has 2 rings (SSSR count). The largest absolute Gasteiger partial charge is 0.506 e. The first-order valence-corrected chi connectivity index (χ1v) is 9.46. The number of methoxy groups -OCH3 is 1. The Morgan fingerprint density at radius 1 is 1.28 bits per heavy atom. The van der Waals surface area contributed by atoms with Crippen molar-refractivity contribution in [2.75, 3.05) is 33.5 Å². The maximum absolute atomic E-state index is 12.9. The second kappa shape index (κ2) is 10.3. The maximum atomic E-state index is 12.9. The number of aromatic hydroxyl groups is 1. The fraction of sp³-hybridized carbons (Fsp3) is 0.400. The number of ether oxygens (including phenoxy) is 3. The minimum atomic E-state index is -0.918. The van der Waals surface area contributed by atoms with Gasteiger partial charge < -0.3 is 30.4 Å². The van der Waals surface area contributed by atoms with Gasteiger partial charge in [-0.15, -0.1) is 0 Å². The number of dihydropyridines is 1. The van der Waals surface area contributed by atoms with E-state index in [1.165, 1.54) is 13.2 Å². The lowest BCUT2D eigenvalue weighted by Gasteiger charge is -2.31. The Bertz CT molecular complexity index is 849. The van der Waals surface area contributed by atoms with Gasteiger partial charge in [0.1, 0.15) is 5.75 Å². The van der Waals surface area contributed by atoms with Gasteiger partial charge in [-0.3, -0.25) is 0 Å². The van der Waals surface area contributed by atoms with E-state index in [9.17, 15) is 14.7 Å². The SMILES string of the molecule is CCOC(=O)C1=C(COCCN)NC(C)=C(C(=O)OC)C1c1cccc(O)c1Cl. The quantitative estimate of drug-likeness (QED) is 0.428. The van der Waals surface area contributed by atoms with Crippen LogP contribution in [0.4, 0.5) is 0 Å². The van der Waals surface area contributed by atoms with E-state index in [1.54, 1.807) is 26.0 Å². The van der Waals surface area contributed by atoms with Gasteiger partial charge in [-0.25, -0.2) is 9.59 Å². The molecule has 1 unspecified atom stereocenters. The number of carbonyl (C=O) groups excluding carboxylic acids is 2. The van der Waals surface area contributed by atoms with Crippen molar-refractivity contribution in [3.05, 3.63) is 51.3 Å². The predicted octanol–water partition coefficient (Wildman–Crippen LogP) is 1.97. The zero-order valence-corrected chi connectivity index (χ0v) is 17.3. The van der Waals surface area contributed by atoms with Crippen LogP contribution in [0.25, 0.3) is 0 Å². The molecule has 0 aromatic heterocycles. The molecule has 0 spiro atoms. The average Bonchev–Trinajstić information content (AvgIpc) is 2.69. The summed E-state index contributed by atoms with van der Waals surface area (Å²) >= 11 is 6.34. The number of rotatable bonds is 8. The molecule has 0 radical (unpaired) electrons. The van der Waals surface area contributed by atoms with Crippen molar-refractivity contribution >= 4 is 23.5 Å². The molecule has 1 aromatic rings. The Kier molecular flexibility index (Phi) is 8.07. The zero-order chi connectivity index (χ0) is 21.6. The Morgan fingerprint density at radius 3 is 2.62 bits per heavy atom. The standard InChI is InChI=1S/C20H25ClN2O6/c1-4-29-20(26)17-13(10-28-9-8-22)23-11(2)15(19(25)27-3)16(17)12-6-5-7-14(24)18(12)21/h5-7,16,23-24H,4,8-10,22H2,1-3H3. The normalized spacial score (nSPS) is 16.5. The minimum absolute atomic E-state index is 0.0256. The number of carbonyl (C=O) groups is 2. The molecule has 1 aromatic carbocycles. The summed E-state index contributed by atoms with van der Waals surface area (Å²) in [6.45, 7) is 4.14. The number of phenols is 1. The number of hydrogen-bond acceptors (Lipinski definition) is 8. The fourth-order valence-corrected chi connectivity index (χ4v) is 3.40. The van der Waals surface area contributed by atoms with Crippen LogP contribution in [-0.2, 0) is 23.8 Å². The monoisotopic (exact) mass is 424 g/mol. The maximum Gasteiger partial charge on any atom is 0.336 e. The third-order valence-corrected chi connectivity index (χ3v) is 4.79. The molecule has 4 N–H and O–H groups in total. The molecule has 0 bridgehead atoms. The van der Waals surface area contributed by atoms with Gasteiger partial charge in [-0.2, -0.15) is 0 Å². The highest BCUT2D eigenvalue weighted by Gasteiger charge is 2.40. The number of nitrogens with two attached hydrogens (primary N) is 1. The van der Waals surface area contributed by atoms with E-state index in [0.717, 1.165) is 0 Å². The van der Waals surface area contributed by atoms with Crippen molar-refractivity contribution < 1.29 is 28.9 Å². The average molecular weight is 425 g/mol. The summed E-state index contributed by atoms with van der Waals surface area (Å²) in [7, 11) is 1.25. The number of esters is 2. The van der Waals surface area contributed by atoms with E-state index in [-0.39, 0.29) is 41.7 Å². The van der Waals surface area contributed by atoms with Crippen molar-refractivity contribution in [3.63, 3.8) is 0 Å². The van der Waals surface area contributed by atoms with Gasteiger partial charge in [0.05, 0.1) is 54.7 Å². The van der Waals surface area contributed by atoms with E-state index >= 15 is 0 Å². The minimum Gasteiger partial charge on any atom is -0.506 e. The van der Waals surface area contributed by atoms with E-state index in [2.05, 4.69) is 5.32 Å². The van der Waals surface area contributed by atoms with Crippen LogP contribution in [0.3, 0.4) is 0 Å². The molecule has 0 aliphatic carbocycles. The summed E-state index contributed by atoms with van der Waals surface area (Å²) in [5.41, 5.74) is 7.08. The van der Waals surface area contributed by atoms with E-state index in [1.807, 2.05) is 0 Å². The molecular weight excluding hydrogens is 400 g/mol. The summed E-state index contributed by atoms with van der Waals surface area (Å²) in [6, 6.07) is 4.63. The second-order valence-corrected chi connectivity index (χ2v) is 6.60.